The number of aliphatic hydroxyl groups is 3. The normalized spacial score (nSPS) is 22.5. The average Bonchev–Trinajstić information content (AvgIpc) is 3.84. The monoisotopic (exact) mass is 693 g/mol. The summed E-state index contributed by atoms with van der Waals surface area (Å²) in [5.74, 6) is -1.20. The molecule has 1 amide bonds. The molecule has 0 aromatic heterocycles. The van der Waals surface area contributed by atoms with E-state index in [0.29, 0.717) is 36.7 Å². The molecule has 0 aliphatic carbocycles. The van der Waals surface area contributed by atoms with E-state index in [0.717, 1.165) is 0 Å². The summed E-state index contributed by atoms with van der Waals surface area (Å²) < 4.78 is 23.6. The number of fused-ring (bicyclic) bond motifs is 3. The topological polar surface area (TPSA) is 230 Å². The molecule has 3 atom stereocenters. The number of amides is 1. The predicted octanol–water partition coefficient (Wildman–Crippen LogP) is -0.176. The van der Waals surface area contributed by atoms with Crippen LogP contribution in [0.3, 0.4) is 0 Å². The van der Waals surface area contributed by atoms with Gasteiger partial charge in [0.2, 0.25) is 11.7 Å². The lowest BCUT2D eigenvalue weighted by atomic mass is 9.86. The number of esters is 1. The summed E-state index contributed by atoms with van der Waals surface area (Å²) in [6.45, 7) is 2.94. The number of hydrogen-bond acceptors (Lipinski definition) is 16. The molecule has 0 bridgehead atoms. The fourth-order valence-electron chi connectivity index (χ4n) is 6.62. The number of amidine groups is 1. The number of aldehydes is 1. The Balaban J connectivity index is 1.42. The summed E-state index contributed by atoms with van der Waals surface area (Å²) >= 11 is 0. The van der Waals surface area contributed by atoms with E-state index < -0.39 is 36.5 Å². The van der Waals surface area contributed by atoms with Crippen molar-refractivity contribution in [2.75, 3.05) is 33.5 Å². The van der Waals surface area contributed by atoms with Gasteiger partial charge in [-0.3, -0.25) is 19.5 Å². The number of carbonyl (C=O) groups excluding carboxylic acids is 3. The molecule has 266 valence electrons. The zero-order chi connectivity index (χ0) is 35.7. The first kappa shape index (κ1) is 34.6. The summed E-state index contributed by atoms with van der Waals surface area (Å²) in [5, 5.41) is 34.6. The molecule has 17 heteroatoms. The molecule has 50 heavy (non-hydrogen) atoms. The van der Waals surface area contributed by atoms with Crippen molar-refractivity contribution in [3.05, 3.63) is 46.5 Å². The molecule has 3 unspecified atom stereocenters. The van der Waals surface area contributed by atoms with Crippen LogP contribution in [-0.4, -0.2) is 112 Å². The van der Waals surface area contributed by atoms with Gasteiger partial charge in [-0.1, -0.05) is 6.08 Å². The number of nitrogens with one attached hydrogen (secondary N) is 1. The third-order valence-corrected chi connectivity index (χ3v) is 9.07. The number of benzene rings is 1. The second-order valence-electron chi connectivity index (χ2n) is 12.2. The lowest BCUT2D eigenvalue weighted by molar-refractivity contribution is -0.141. The number of methoxy groups -OCH3 is 1. The number of rotatable bonds is 13. The van der Waals surface area contributed by atoms with E-state index in [1.165, 1.54) is 7.11 Å². The number of unbranched alkanes of at least 4 members (excludes halogenated alkanes) is 1. The second kappa shape index (κ2) is 13.9. The lowest BCUT2D eigenvalue weighted by Gasteiger charge is -2.34. The quantitative estimate of drug-likeness (QED) is 0.103. The van der Waals surface area contributed by atoms with Crippen molar-refractivity contribution >= 4 is 41.2 Å². The van der Waals surface area contributed by atoms with Crippen LogP contribution in [0.15, 0.2) is 44.8 Å². The largest absolute Gasteiger partial charge is 0.496 e. The highest BCUT2D eigenvalue weighted by molar-refractivity contribution is 6.69. The molecular weight excluding hydrogens is 654 g/mol. The number of aliphatic hydroxyl groups excluding tert-OH is 2. The standard InChI is InChI=1S/C33H39N7O10/c1-4-48-30(45)27-19(14-42)17(7-10-39-11-9-35-32(39)40-16-36-23-28(40)37-31(34)38-29(23)44)22-25(47-3)18-13-21(33(2,46)8-5-6-12-41)49-24(18)20(15-43)26(22)50-27/h7,9,11,14,21,32,35,41,43,46H,4-6,8,10,12-13,15-16H2,1-3H3,(H2,34,38,44). The van der Waals surface area contributed by atoms with Crippen LogP contribution >= 0.6 is 0 Å². The van der Waals surface area contributed by atoms with Gasteiger partial charge in [-0.25, -0.2) is 4.79 Å². The molecule has 5 aliphatic rings. The Morgan fingerprint density at radius 2 is 2.06 bits per heavy atom. The van der Waals surface area contributed by atoms with Gasteiger partial charge < -0.3 is 50.2 Å². The minimum atomic E-state index is -1.30. The molecule has 5 aliphatic heterocycles. The lowest BCUT2D eigenvalue weighted by Crippen LogP contribution is -2.53. The molecule has 0 saturated heterocycles. The Morgan fingerprint density at radius 3 is 2.76 bits per heavy atom. The van der Waals surface area contributed by atoms with Gasteiger partial charge in [0.05, 0.1) is 42.6 Å². The van der Waals surface area contributed by atoms with Gasteiger partial charge in [-0.15, -0.1) is 0 Å². The van der Waals surface area contributed by atoms with Crippen LogP contribution in [-0.2, 0) is 32.1 Å². The third-order valence-electron chi connectivity index (χ3n) is 9.07. The van der Waals surface area contributed by atoms with Gasteiger partial charge in [0.15, 0.2) is 24.1 Å². The number of nitrogens with two attached hydrogens (primary N) is 1. The first-order chi connectivity index (χ1) is 24.1. The number of hydrogen-bond donors (Lipinski definition) is 5. The van der Waals surface area contributed by atoms with E-state index >= 15 is 0 Å². The van der Waals surface area contributed by atoms with Crippen LogP contribution in [0, 0.1) is 0 Å². The molecule has 5 heterocycles. The average molecular weight is 694 g/mol. The third kappa shape index (κ3) is 5.96. The number of nitrogens with zero attached hydrogens (tertiary/aromatic N) is 5. The number of carbonyl (C=O) groups is 3. The molecule has 6 N–H and O–H groups in total. The second-order valence-corrected chi connectivity index (χ2v) is 12.2. The van der Waals surface area contributed by atoms with Gasteiger partial charge >= 0.3 is 11.9 Å². The maximum atomic E-state index is 13.2. The first-order valence-corrected chi connectivity index (χ1v) is 16.2. The molecule has 0 saturated carbocycles. The fourth-order valence-corrected chi connectivity index (χ4v) is 6.62. The molecular formula is C33H39N7O10. The molecule has 0 fully saturated rings. The Morgan fingerprint density at radius 1 is 1.26 bits per heavy atom. The van der Waals surface area contributed by atoms with Crippen molar-refractivity contribution in [1.82, 2.24) is 15.1 Å². The summed E-state index contributed by atoms with van der Waals surface area (Å²) in [5.41, 5.74) is 5.78. The van der Waals surface area contributed by atoms with Crippen molar-refractivity contribution < 1.29 is 48.7 Å². The van der Waals surface area contributed by atoms with Crippen molar-refractivity contribution in [3.8, 4) is 17.2 Å². The Hall–Kier alpha value is -5.26. The van der Waals surface area contributed by atoms with Gasteiger partial charge in [0, 0.05) is 43.1 Å². The minimum Gasteiger partial charge on any atom is -0.496 e. The molecule has 17 nitrogen and oxygen atoms in total. The predicted molar refractivity (Wildman–Crippen MR) is 178 cm³/mol. The number of aliphatic imine (C=N–C) groups is 3. The van der Waals surface area contributed by atoms with Crippen LogP contribution in [0.1, 0.15) is 49.8 Å². The highest BCUT2D eigenvalue weighted by Gasteiger charge is 2.45. The SMILES string of the molecule is CCOC(=O)C1=C(C=O)C(=CCN2C=CNC2N2CN=C3C(=O)N=C(N)N=C32)c2c(OC)c3c(c(CO)c2O1)OC(C(C)(O)CCCCO)C3. The van der Waals surface area contributed by atoms with E-state index in [1.807, 2.05) is 4.90 Å². The van der Waals surface area contributed by atoms with E-state index in [9.17, 15) is 29.7 Å². The van der Waals surface area contributed by atoms with E-state index in [1.54, 1.807) is 37.2 Å². The smallest absolute Gasteiger partial charge is 0.375 e. The number of ether oxygens (including phenoxy) is 4. The van der Waals surface area contributed by atoms with Crippen LogP contribution in [0.4, 0.5) is 0 Å². The first-order valence-electron chi connectivity index (χ1n) is 16.2. The Kier molecular flexibility index (Phi) is 9.64. The summed E-state index contributed by atoms with van der Waals surface area (Å²) in [6, 6.07) is 0. The van der Waals surface area contributed by atoms with Crippen molar-refractivity contribution in [2.45, 2.75) is 64.1 Å². The summed E-state index contributed by atoms with van der Waals surface area (Å²) in [4.78, 5) is 54.2. The Bertz CT molecular complexity index is 1790. The van der Waals surface area contributed by atoms with Crippen LogP contribution < -0.4 is 25.3 Å². The maximum absolute atomic E-state index is 13.2. The molecule has 1 aromatic carbocycles. The molecule has 1 aromatic rings. The number of allylic oxidation sites excluding steroid dienone is 2. The highest BCUT2D eigenvalue weighted by atomic mass is 16.6. The van der Waals surface area contributed by atoms with Crippen LogP contribution in [0.5, 0.6) is 17.2 Å². The van der Waals surface area contributed by atoms with Crippen molar-refractivity contribution in [1.29, 1.82) is 0 Å². The molecule has 6 rings (SSSR count). The maximum Gasteiger partial charge on any atom is 0.375 e. The number of guanidine groups is 1. The van der Waals surface area contributed by atoms with E-state index in [-0.39, 0.29) is 90.1 Å². The van der Waals surface area contributed by atoms with Gasteiger partial charge in [-0.2, -0.15) is 9.98 Å². The van der Waals surface area contributed by atoms with Crippen molar-refractivity contribution in [2.24, 2.45) is 20.7 Å². The van der Waals surface area contributed by atoms with Gasteiger partial charge in [0.25, 0.3) is 0 Å². The summed E-state index contributed by atoms with van der Waals surface area (Å²) in [7, 11) is 1.44. The molecule has 0 radical (unpaired) electrons. The minimum absolute atomic E-state index is 0.00684. The van der Waals surface area contributed by atoms with Crippen LogP contribution in [0.25, 0.3) is 5.57 Å². The zero-order valence-electron chi connectivity index (χ0n) is 27.8. The Labute approximate surface area is 287 Å². The van der Waals surface area contributed by atoms with E-state index in [2.05, 4.69) is 20.3 Å². The zero-order valence-corrected chi connectivity index (χ0v) is 27.8. The highest BCUT2D eigenvalue weighted by Crippen LogP contribution is 2.54. The van der Waals surface area contributed by atoms with Gasteiger partial charge in [0.1, 0.15) is 30.0 Å². The summed E-state index contributed by atoms with van der Waals surface area (Å²) in [6.07, 6.45) is 5.97. The van der Waals surface area contributed by atoms with Gasteiger partial charge in [-0.05, 0) is 33.1 Å². The van der Waals surface area contributed by atoms with Crippen LogP contribution in [0.2, 0.25) is 0 Å². The fraction of sp³-hybridized carbons (Fsp3) is 0.455. The van der Waals surface area contributed by atoms with Crippen molar-refractivity contribution in [3.63, 3.8) is 0 Å². The molecule has 0 spiro atoms. The van der Waals surface area contributed by atoms with E-state index in [4.69, 9.17) is 24.7 Å².